The second kappa shape index (κ2) is 4.08. The summed E-state index contributed by atoms with van der Waals surface area (Å²) in [5.74, 6) is 0. The normalized spacial score (nSPS) is 11.6. The Hall–Kier alpha value is -0.590. The monoisotopic (exact) mass is 197 g/mol. The standard InChI is InChI=1S/C10H14O2P/c1-9-4-6-10(7-5-9)8-12-13(2,3)11/h4-7H,1,8H2,2-3H3. The Bertz CT molecular complexity index is 310. The minimum atomic E-state index is -2.36. The lowest BCUT2D eigenvalue weighted by molar-refractivity contribution is 0.310. The van der Waals surface area contributed by atoms with Crippen LogP contribution in [0.4, 0.5) is 0 Å². The van der Waals surface area contributed by atoms with Crippen LogP contribution in [0.3, 0.4) is 0 Å². The summed E-state index contributed by atoms with van der Waals surface area (Å²) in [7, 11) is -2.36. The van der Waals surface area contributed by atoms with Crippen LogP contribution in [0.15, 0.2) is 24.3 Å². The van der Waals surface area contributed by atoms with Crippen molar-refractivity contribution in [1.29, 1.82) is 0 Å². The predicted octanol–water partition coefficient (Wildman–Crippen LogP) is 2.92. The fraction of sp³-hybridized carbons (Fsp3) is 0.300. The highest BCUT2D eigenvalue weighted by molar-refractivity contribution is 7.57. The van der Waals surface area contributed by atoms with E-state index >= 15 is 0 Å². The van der Waals surface area contributed by atoms with Crippen molar-refractivity contribution in [3.05, 3.63) is 42.3 Å². The summed E-state index contributed by atoms with van der Waals surface area (Å²) in [5, 5.41) is 0. The van der Waals surface area contributed by atoms with Crippen LogP contribution >= 0.6 is 7.37 Å². The Morgan fingerprint density at radius 2 is 1.85 bits per heavy atom. The Labute approximate surface area is 79.4 Å². The molecular formula is C10H14O2P. The van der Waals surface area contributed by atoms with Gasteiger partial charge in [-0.15, -0.1) is 0 Å². The van der Waals surface area contributed by atoms with Crippen LogP contribution in [0, 0.1) is 6.92 Å². The van der Waals surface area contributed by atoms with Crippen LogP contribution in [0.1, 0.15) is 11.1 Å². The molecule has 1 radical (unpaired) electrons. The average molecular weight is 197 g/mol. The third-order valence-corrected chi connectivity index (χ3v) is 2.32. The van der Waals surface area contributed by atoms with Gasteiger partial charge in [-0.2, -0.15) is 0 Å². The first kappa shape index (κ1) is 10.5. The molecule has 0 unspecified atom stereocenters. The molecule has 0 aliphatic heterocycles. The number of rotatable bonds is 3. The average Bonchev–Trinajstić information content (AvgIpc) is 2.02. The molecule has 0 saturated carbocycles. The zero-order valence-electron chi connectivity index (χ0n) is 7.99. The van der Waals surface area contributed by atoms with Crippen molar-refractivity contribution in [2.24, 2.45) is 0 Å². The summed E-state index contributed by atoms with van der Waals surface area (Å²) in [4.78, 5) is 0. The van der Waals surface area contributed by atoms with Crippen molar-refractivity contribution in [2.75, 3.05) is 13.3 Å². The molecule has 0 heterocycles. The second-order valence-corrected chi connectivity index (χ2v) is 6.10. The van der Waals surface area contributed by atoms with E-state index in [2.05, 4.69) is 6.92 Å². The fourth-order valence-electron chi connectivity index (χ4n) is 0.865. The van der Waals surface area contributed by atoms with Crippen molar-refractivity contribution in [3.8, 4) is 0 Å². The Morgan fingerprint density at radius 3 is 2.31 bits per heavy atom. The maximum Gasteiger partial charge on any atom is 0.197 e. The van der Waals surface area contributed by atoms with Gasteiger partial charge in [-0.1, -0.05) is 24.3 Å². The highest BCUT2D eigenvalue weighted by Gasteiger charge is 2.06. The maximum atomic E-state index is 11.2. The van der Waals surface area contributed by atoms with E-state index in [1.807, 2.05) is 24.3 Å². The third-order valence-electron chi connectivity index (χ3n) is 1.57. The van der Waals surface area contributed by atoms with Crippen molar-refractivity contribution in [2.45, 2.75) is 6.61 Å². The van der Waals surface area contributed by atoms with Gasteiger partial charge >= 0.3 is 0 Å². The molecule has 0 atom stereocenters. The lowest BCUT2D eigenvalue weighted by Gasteiger charge is -2.08. The Morgan fingerprint density at radius 1 is 1.31 bits per heavy atom. The van der Waals surface area contributed by atoms with Gasteiger partial charge in [0.2, 0.25) is 0 Å². The second-order valence-electron chi connectivity index (χ2n) is 3.34. The maximum absolute atomic E-state index is 11.2. The van der Waals surface area contributed by atoms with Crippen LogP contribution in [-0.4, -0.2) is 13.3 Å². The number of hydrogen-bond donors (Lipinski definition) is 0. The largest absolute Gasteiger partial charge is 0.324 e. The summed E-state index contributed by atoms with van der Waals surface area (Å²) in [6.07, 6.45) is 0. The molecule has 0 aliphatic carbocycles. The molecule has 0 aliphatic rings. The summed E-state index contributed by atoms with van der Waals surface area (Å²) in [5.41, 5.74) is 2.00. The molecule has 71 valence electrons. The zero-order valence-corrected chi connectivity index (χ0v) is 8.88. The minimum Gasteiger partial charge on any atom is -0.324 e. The van der Waals surface area contributed by atoms with E-state index in [4.69, 9.17) is 4.52 Å². The summed E-state index contributed by atoms with van der Waals surface area (Å²) < 4.78 is 16.4. The van der Waals surface area contributed by atoms with E-state index in [-0.39, 0.29) is 0 Å². The molecule has 1 aromatic carbocycles. The zero-order chi connectivity index (χ0) is 9.90. The van der Waals surface area contributed by atoms with Gasteiger partial charge in [-0.05, 0) is 18.1 Å². The Kier molecular flexibility index (Phi) is 3.29. The minimum absolute atomic E-state index is 0.407. The van der Waals surface area contributed by atoms with Crippen LogP contribution in [0.2, 0.25) is 0 Å². The van der Waals surface area contributed by atoms with Gasteiger partial charge in [0.05, 0.1) is 6.61 Å². The molecule has 0 spiro atoms. The van der Waals surface area contributed by atoms with E-state index in [0.717, 1.165) is 11.1 Å². The summed E-state index contributed by atoms with van der Waals surface area (Å²) in [6, 6.07) is 7.68. The molecule has 0 aromatic heterocycles. The predicted molar refractivity (Wildman–Crippen MR) is 55.1 cm³/mol. The molecule has 1 aromatic rings. The Balaban J connectivity index is 2.56. The SMILES string of the molecule is [CH2]c1ccc(COP(C)(C)=O)cc1. The molecule has 0 N–H and O–H groups in total. The van der Waals surface area contributed by atoms with Crippen molar-refractivity contribution < 1.29 is 9.09 Å². The fourth-order valence-corrected chi connectivity index (χ4v) is 1.33. The molecule has 0 bridgehead atoms. The van der Waals surface area contributed by atoms with E-state index < -0.39 is 7.37 Å². The smallest absolute Gasteiger partial charge is 0.197 e. The van der Waals surface area contributed by atoms with E-state index in [1.165, 1.54) is 0 Å². The summed E-state index contributed by atoms with van der Waals surface area (Å²) in [6.45, 7) is 7.41. The quantitative estimate of drug-likeness (QED) is 0.696. The molecule has 0 saturated heterocycles. The van der Waals surface area contributed by atoms with Gasteiger partial charge in [-0.25, -0.2) is 0 Å². The van der Waals surface area contributed by atoms with Crippen molar-refractivity contribution in [1.82, 2.24) is 0 Å². The van der Waals surface area contributed by atoms with Gasteiger partial charge in [0.25, 0.3) is 0 Å². The van der Waals surface area contributed by atoms with Crippen LogP contribution in [0.25, 0.3) is 0 Å². The first-order chi connectivity index (χ1) is 5.97. The summed E-state index contributed by atoms with van der Waals surface area (Å²) >= 11 is 0. The van der Waals surface area contributed by atoms with Gasteiger partial charge in [0.1, 0.15) is 0 Å². The molecular weight excluding hydrogens is 183 g/mol. The number of hydrogen-bond acceptors (Lipinski definition) is 2. The third kappa shape index (κ3) is 4.25. The molecule has 0 fully saturated rings. The number of benzene rings is 1. The van der Waals surface area contributed by atoms with Gasteiger partial charge in [0, 0.05) is 13.3 Å². The van der Waals surface area contributed by atoms with Crippen LogP contribution in [-0.2, 0) is 15.7 Å². The van der Waals surface area contributed by atoms with Gasteiger partial charge in [0.15, 0.2) is 7.37 Å². The van der Waals surface area contributed by atoms with Crippen LogP contribution in [0.5, 0.6) is 0 Å². The molecule has 1 rings (SSSR count). The van der Waals surface area contributed by atoms with Crippen LogP contribution < -0.4 is 0 Å². The topological polar surface area (TPSA) is 26.3 Å². The first-order valence-electron chi connectivity index (χ1n) is 4.08. The first-order valence-corrected chi connectivity index (χ1v) is 6.60. The lowest BCUT2D eigenvalue weighted by atomic mass is 10.2. The molecule has 3 heteroatoms. The highest BCUT2D eigenvalue weighted by Crippen LogP contribution is 2.38. The highest BCUT2D eigenvalue weighted by atomic mass is 31.2. The van der Waals surface area contributed by atoms with Crippen molar-refractivity contribution >= 4 is 7.37 Å². The van der Waals surface area contributed by atoms with E-state index in [1.54, 1.807) is 13.3 Å². The van der Waals surface area contributed by atoms with Gasteiger partial charge < -0.3 is 4.52 Å². The molecule has 0 amide bonds. The van der Waals surface area contributed by atoms with Crippen molar-refractivity contribution in [3.63, 3.8) is 0 Å². The lowest BCUT2D eigenvalue weighted by Crippen LogP contribution is -1.89. The van der Waals surface area contributed by atoms with Gasteiger partial charge in [-0.3, -0.25) is 4.57 Å². The van der Waals surface area contributed by atoms with E-state index in [0.29, 0.717) is 6.61 Å². The molecule has 13 heavy (non-hydrogen) atoms. The van der Waals surface area contributed by atoms with E-state index in [9.17, 15) is 4.57 Å². The molecule has 2 nitrogen and oxygen atoms in total.